The van der Waals surface area contributed by atoms with Crippen LogP contribution in [0, 0.1) is 0 Å². The first kappa shape index (κ1) is 26.9. The van der Waals surface area contributed by atoms with E-state index < -0.39 is 22.0 Å². The molecule has 2 N–H and O–H groups in total. The monoisotopic (exact) mass is 512 g/mol. The molecular formula is C26H28N2O7S. The molecule has 0 unspecified atom stereocenters. The maximum Gasteiger partial charge on any atom is 0.414 e. The van der Waals surface area contributed by atoms with Crippen molar-refractivity contribution in [2.45, 2.75) is 12.3 Å². The third-order valence-corrected chi connectivity index (χ3v) is 7.23. The fourth-order valence-electron chi connectivity index (χ4n) is 3.63. The van der Waals surface area contributed by atoms with Crippen molar-refractivity contribution in [1.82, 2.24) is 9.21 Å². The predicted molar refractivity (Wildman–Crippen MR) is 134 cm³/mol. The molecule has 3 aromatic rings. The molecule has 1 saturated heterocycles. The van der Waals surface area contributed by atoms with Crippen LogP contribution in [0.3, 0.4) is 0 Å². The van der Waals surface area contributed by atoms with Gasteiger partial charge in [0.15, 0.2) is 0 Å². The second-order valence-electron chi connectivity index (χ2n) is 8.09. The number of nitrogens with zero attached hydrogens (tertiary/aromatic N) is 2. The molecule has 1 aliphatic heterocycles. The van der Waals surface area contributed by atoms with Crippen molar-refractivity contribution in [3.63, 3.8) is 0 Å². The summed E-state index contributed by atoms with van der Waals surface area (Å²) in [4.78, 5) is 20.5. The summed E-state index contributed by atoms with van der Waals surface area (Å²) >= 11 is 0. The van der Waals surface area contributed by atoms with Gasteiger partial charge in [-0.3, -0.25) is 4.90 Å². The molecule has 1 heterocycles. The maximum absolute atomic E-state index is 12.7. The average Bonchev–Trinajstić information content (AvgIpc) is 2.86. The van der Waals surface area contributed by atoms with Gasteiger partial charge in [-0.2, -0.15) is 4.31 Å². The molecule has 0 spiro atoms. The number of carbonyl (C=O) groups is 2. The number of hydrogen-bond acceptors (Lipinski definition) is 6. The lowest BCUT2D eigenvalue weighted by Crippen LogP contribution is -2.48. The zero-order valence-corrected chi connectivity index (χ0v) is 20.4. The smallest absolute Gasteiger partial charge is 0.414 e. The van der Waals surface area contributed by atoms with E-state index in [0.29, 0.717) is 13.1 Å². The van der Waals surface area contributed by atoms with Gasteiger partial charge in [0.05, 0.1) is 5.75 Å². The van der Waals surface area contributed by atoms with E-state index in [-0.39, 0.29) is 5.75 Å². The van der Waals surface area contributed by atoms with Crippen LogP contribution in [0.15, 0.2) is 84.9 Å². The highest BCUT2D eigenvalue weighted by Crippen LogP contribution is 2.23. The van der Waals surface area contributed by atoms with Gasteiger partial charge >= 0.3 is 11.9 Å². The Morgan fingerprint density at radius 3 is 1.83 bits per heavy atom. The van der Waals surface area contributed by atoms with Crippen LogP contribution in [-0.4, -0.2) is 66.0 Å². The Kier molecular flexibility index (Phi) is 9.57. The van der Waals surface area contributed by atoms with Gasteiger partial charge in [0.2, 0.25) is 10.0 Å². The fourth-order valence-corrected chi connectivity index (χ4v) is 5.15. The van der Waals surface area contributed by atoms with Crippen LogP contribution in [0.4, 0.5) is 0 Å². The van der Waals surface area contributed by atoms with Crippen molar-refractivity contribution in [3.8, 4) is 11.5 Å². The number of carboxylic acids is 2. The SMILES string of the molecule is O=C(O)C(=O)O.O=S(=O)(Cc1ccccc1)N1CCN(Cc2cccc(Oc3ccccc3)c2)CC1. The van der Waals surface area contributed by atoms with Crippen molar-refractivity contribution >= 4 is 22.0 Å². The summed E-state index contributed by atoms with van der Waals surface area (Å²) in [6.45, 7) is 3.26. The van der Waals surface area contributed by atoms with Gasteiger partial charge in [0.25, 0.3) is 0 Å². The Balaban J connectivity index is 0.000000538. The molecule has 0 aliphatic carbocycles. The zero-order chi connectivity index (χ0) is 26.0. The van der Waals surface area contributed by atoms with Crippen LogP contribution >= 0.6 is 0 Å². The Labute approximate surface area is 210 Å². The number of ether oxygens (including phenoxy) is 1. The first-order chi connectivity index (χ1) is 17.2. The first-order valence-corrected chi connectivity index (χ1v) is 12.9. The lowest BCUT2D eigenvalue weighted by Gasteiger charge is -2.34. The highest BCUT2D eigenvalue weighted by Gasteiger charge is 2.27. The van der Waals surface area contributed by atoms with Crippen LogP contribution in [0.1, 0.15) is 11.1 Å². The third-order valence-electron chi connectivity index (χ3n) is 5.38. The van der Waals surface area contributed by atoms with E-state index in [2.05, 4.69) is 11.0 Å². The molecule has 4 rings (SSSR count). The summed E-state index contributed by atoms with van der Waals surface area (Å²) in [5.74, 6) is -1.97. The number of para-hydroxylation sites is 1. The quantitative estimate of drug-likeness (QED) is 0.462. The van der Waals surface area contributed by atoms with Gasteiger partial charge < -0.3 is 14.9 Å². The highest BCUT2D eigenvalue weighted by molar-refractivity contribution is 7.88. The normalized spacial score (nSPS) is 14.3. The van der Waals surface area contributed by atoms with E-state index in [1.807, 2.05) is 78.9 Å². The van der Waals surface area contributed by atoms with Crippen molar-refractivity contribution in [1.29, 1.82) is 0 Å². The number of sulfonamides is 1. The molecule has 3 aromatic carbocycles. The second kappa shape index (κ2) is 12.8. The molecule has 0 bridgehead atoms. The molecule has 0 radical (unpaired) electrons. The van der Waals surface area contributed by atoms with Crippen molar-refractivity contribution in [3.05, 3.63) is 96.1 Å². The Hall–Kier alpha value is -3.73. The first-order valence-electron chi connectivity index (χ1n) is 11.2. The minimum atomic E-state index is -3.29. The van der Waals surface area contributed by atoms with E-state index in [4.69, 9.17) is 24.5 Å². The minimum Gasteiger partial charge on any atom is -0.473 e. The van der Waals surface area contributed by atoms with E-state index in [0.717, 1.165) is 42.3 Å². The lowest BCUT2D eigenvalue weighted by atomic mass is 10.2. The molecule has 0 amide bonds. The molecule has 0 aromatic heterocycles. The van der Waals surface area contributed by atoms with E-state index in [1.54, 1.807) is 4.31 Å². The Morgan fingerprint density at radius 1 is 0.722 bits per heavy atom. The highest BCUT2D eigenvalue weighted by atomic mass is 32.2. The van der Waals surface area contributed by atoms with Crippen LogP contribution in [0.2, 0.25) is 0 Å². The topological polar surface area (TPSA) is 124 Å². The number of aliphatic carboxylic acids is 2. The summed E-state index contributed by atoms with van der Waals surface area (Å²) in [6, 6.07) is 27.2. The molecule has 1 aliphatic rings. The van der Waals surface area contributed by atoms with Gasteiger partial charge in [-0.25, -0.2) is 18.0 Å². The molecule has 9 nitrogen and oxygen atoms in total. The van der Waals surface area contributed by atoms with Crippen molar-refractivity contribution in [2.75, 3.05) is 26.2 Å². The average molecular weight is 513 g/mol. The van der Waals surface area contributed by atoms with Gasteiger partial charge in [0.1, 0.15) is 11.5 Å². The third kappa shape index (κ3) is 8.49. The second-order valence-corrected chi connectivity index (χ2v) is 10.1. The number of hydrogen-bond donors (Lipinski definition) is 2. The summed E-state index contributed by atoms with van der Waals surface area (Å²) < 4.78 is 33.0. The van der Waals surface area contributed by atoms with Gasteiger partial charge in [-0.05, 0) is 35.4 Å². The zero-order valence-electron chi connectivity index (χ0n) is 19.6. The van der Waals surface area contributed by atoms with Crippen molar-refractivity contribution in [2.24, 2.45) is 0 Å². The molecule has 190 valence electrons. The standard InChI is InChI=1S/C24H26N2O3S.C2H2O4/c27-30(28,20-21-8-3-1-4-9-21)26-16-14-25(15-17-26)19-22-10-7-13-24(18-22)29-23-11-5-2-6-12-23;3-1(4)2(5)6/h1-13,18H,14-17,19-20H2;(H,3,4)(H,5,6). The molecule has 36 heavy (non-hydrogen) atoms. The van der Waals surface area contributed by atoms with E-state index >= 15 is 0 Å². The lowest BCUT2D eigenvalue weighted by molar-refractivity contribution is -0.159. The van der Waals surface area contributed by atoms with Crippen LogP contribution in [0.25, 0.3) is 0 Å². The maximum atomic E-state index is 12.7. The van der Waals surface area contributed by atoms with Crippen LogP contribution in [0.5, 0.6) is 11.5 Å². The summed E-state index contributed by atoms with van der Waals surface area (Å²) in [5.41, 5.74) is 1.99. The summed E-state index contributed by atoms with van der Waals surface area (Å²) in [6.07, 6.45) is 0. The van der Waals surface area contributed by atoms with Crippen LogP contribution in [-0.2, 0) is 31.9 Å². The Morgan fingerprint density at radius 2 is 1.25 bits per heavy atom. The summed E-state index contributed by atoms with van der Waals surface area (Å²) in [7, 11) is -3.29. The van der Waals surface area contributed by atoms with Gasteiger partial charge in [-0.1, -0.05) is 60.7 Å². The molecule has 0 saturated carbocycles. The molecule has 0 atom stereocenters. The molecule has 1 fully saturated rings. The fraction of sp³-hybridized carbons (Fsp3) is 0.231. The molecule has 10 heteroatoms. The van der Waals surface area contributed by atoms with Crippen molar-refractivity contribution < 1.29 is 33.0 Å². The van der Waals surface area contributed by atoms with E-state index in [1.165, 1.54) is 0 Å². The summed E-state index contributed by atoms with van der Waals surface area (Å²) in [5, 5.41) is 14.8. The molecular weight excluding hydrogens is 484 g/mol. The van der Waals surface area contributed by atoms with Crippen LogP contribution < -0.4 is 4.74 Å². The van der Waals surface area contributed by atoms with Gasteiger partial charge in [0, 0.05) is 32.7 Å². The number of benzene rings is 3. The predicted octanol–water partition coefficient (Wildman–Crippen LogP) is 3.28. The van der Waals surface area contributed by atoms with E-state index in [9.17, 15) is 8.42 Å². The largest absolute Gasteiger partial charge is 0.473 e. The number of rotatable bonds is 7. The minimum absolute atomic E-state index is 0.0622. The Bertz CT molecular complexity index is 1230. The number of piperazine rings is 1. The van der Waals surface area contributed by atoms with Gasteiger partial charge in [-0.15, -0.1) is 0 Å². The number of carboxylic acid groups (broad SMARTS) is 2.